The molecular formula is C22H14F5N3O. The van der Waals surface area contributed by atoms with Crippen LogP contribution in [0.2, 0.25) is 0 Å². The van der Waals surface area contributed by atoms with Crippen LogP contribution < -0.4 is 5.73 Å². The summed E-state index contributed by atoms with van der Waals surface area (Å²) in [6.07, 6.45) is -3.74. The van der Waals surface area contributed by atoms with Gasteiger partial charge in [0.15, 0.2) is 5.84 Å². The van der Waals surface area contributed by atoms with E-state index in [2.05, 4.69) is 10.1 Å². The van der Waals surface area contributed by atoms with Gasteiger partial charge in [0, 0.05) is 22.8 Å². The van der Waals surface area contributed by atoms with Crippen LogP contribution >= 0.6 is 0 Å². The first-order chi connectivity index (χ1) is 14.7. The van der Waals surface area contributed by atoms with Crippen molar-refractivity contribution in [3.63, 3.8) is 0 Å². The molecule has 9 heteroatoms. The molecule has 4 aromatic rings. The molecule has 0 saturated heterocycles. The summed E-state index contributed by atoms with van der Waals surface area (Å²) in [4.78, 5) is 2.94. The van der Waals surface area contributed by atoms with Gasteiger partial charge in [-0.15, -0.1) is 0 Å². The van der Waals surface area contributed by atoms with E-state index in [4.69, 9.17) is 10.9 Å². The van der Waals surface area contributed by atoms with Gasteiger partial charge in [-0.2, -0.15) is 13.2 Å². The number of nitrogens with one attached hydrogen (secondary N) is 1. The molecule has 0 aliphatic rings. The Hall–Kier alpha value is -3.88. The molecule has 0 amide bonds. The molecule has 1 heterocycles. The monoisotopic (exact) mass is 431 g/mol. The van der Waals surface area contributed by atoms with Crippen molar-refractivity contribution < 1.29 is 27.2 Å². The molecule has 0 saturated carbocycles. The van der Waals surface area contributed by atoms with Crippen LogP contribution in [0.25, 0.3) is 33.2 Å². The number of hydrogen-bond donors (Lipinski definition) is 3. The molecule has 0 aliphatic heterocycles. The molecule has 3 aromatic carbocycles. The van der Waals surface area contributed by atoms with Crippen LogP contribution in [0, 0.1) is 11.6 Å². The molecule has 158 valence electrons. The molecule has 0 atom stereocenters. The van der Waals surface area contributed by atoms with Gasteiger partial charge in [-0.1, -0.05) is 41.6 Å². The Balaban J connectivity index is 2.22. The summed E-state index contributed by atoms with van der Waals surface area (Å²) in [7, 11) is 0. The fourth-order valence-electron chi connectivity index (χ4n) is 3.60. The summed E-state index contributed by atoms with van der Waals surface area (Å²) in [5, 5.41) is 12.4. The Kier molecular flexibility index (Phi) is 4.88. The van der Waals surface area contributed by atoms with E-state index in [1.54, 1.807) is 36.5 Å². The molecule has 31 heavy (non-hydrogen) atoms. The second-order valence-electron chi connectivity index (χ2n) is 6.76. The van der Waals surface area contributed by atoms with Crippen molar-refractivity contribution in [2.75, 3.05) is 0 Å². The van der Waals surface area contributed by atoms with Crippen molar-refractivity contribution in [1.82, 2.24) is 4.98 Å². The summed E-state index contributed by atoms with van der Waals surface area (Å²) >= 11 is 0. The van der Waals surface area contributed by atoms with Crippen LogP contribution in [0.5, 0.6) is 0 Å². The van der Waals surface area contributed by atoms with E-state index < -0.39 is 40.3 Å². The van der Waals surface area contributed by atoms with Gasteiger partial charge in [-0.3, -0.25) is 0 Å². The van der Waals surface area contributed by atoms with Gasteiger partial charge >= 0.3 is 6.18 Å². The highest BCUT2D eigenvalue weighted by Crippen LogP contribution is 2.45. The second kappa shape index (κ2) is 7.42. The third-order valence-corrected chi connectivity index (χ3v) is 4.93. The molecule has 0 spiro atoms. The maximum absolute atomic E-state index is 15.4. The second-order valence-corrected chi connectivity index (χ2v) is 6.76. The summed E-state index contributed by atoms with van der Waals surface area (Å²) in [6, 6.07) is 13.8. The average Bonchev–Trinajstić information content (AvgIpc) is 3.20. The van der Waals surface area contributed by atoms with Crippen molar-refractivity contribution in [3.8, 4) is 22.3 Å². The van der Waals surface area contributed by atoms with E-state index in [0.29, 0.717) is 10.9 Å². The van der Waals surface area contributed by atoms with Crippen LogP contribution in [0.4, 0.5) is 22.0 Å². The number of hydrogen-bond acceptors (Lipinski definition) is 2. The average molecular weight is 431 g/mol. The minimum Gasteiger partial charge on any atom is -0.409 e. The van der Waals surface area contributed by atoms with Crippen LogP contribution in [0.3, 0.4) is 0 Å². The summed E-state index contributed by atoms with van der Waals surface area (Å²) in [6.45, 7) is 0. The van der Waals surface area contributed by atoms with Crippen LogP contribution in [-0.4, -0.2) is 16.0 Å². The first-order valence-electron chi connectivity index (χ1n) is 8.97. The van der Waals surface area contributed by atoms with Gasteiger partial charge in [-0.25, -0.2) is 8.78 Å². The Bertz CT molecular complexity index is 1310. The minimum absolute atomic E-state index is 0.0703. The molecular weight excluding hydrogens is 417 g/mol. The van der Waals surface area contributed by atoms with Gasteiger partial charge in [0.1, 0.15) is 17.2 Å². The predicted molar refractivity (Wildman–Crippen MR) is 107 cm³/mol. The molecule has 0 unspecified atom stereocenters. The highest BCUT2D eigenvalue weighted by Gasteiger charge is 2.42. The topological polar surface area (TPSA) is 74.4 Å². The van der Waals surface area contributed by atoms with E-state index in [-0.39, 0.29) is 16.7 Å². The number of fused-ring (bicyclic) bond motifs is 1. The molecule has 0 aliphatic carbocycles. The summed E-state index contributed by atoms with van der Waals surface area (Å²) in [5.41, 5.74) is 2.81. The normalized spacial score (nSPS) is 12.5. The first kappa shape index (κ1) is 20.4. The Morgan fingerprint density at radius 1 is 0.903 bits per heavy atom. The number of nitrogens with two attached hydrogens (primary N) is 1. The standard InChI is InChI=1S/C22H14F5N3O/c23-19-16(13-6-7-14-12(10-13)8-9-29-14)15(11-4-2-1-3-5-11)17(21(28)30-31)20(24)18(19)22(25,26)27/h1-10,29,31H,(H2,28,30). The van der Waals surface area contributed by atoms with Crippen molar-refractivity contribution in [3.05, 3.63) is 83.6 Å². The maximum atomic E-state index is 15.4. The number of oxime groups is 1. The van der Waals surface area contributed by atoms with Crippen LogP contribution in [-0.2, 0) is 6.18 Å². The lowest BCUT2D eigenvalue weighted by atomic mass is 9.86. The van der Waals surface area contributed by atoms with Crippen molar-refractivity contribution in [2.24, 2.45) is 10.9 Å². The zero-order valence-corrected chi connectivity index (χ0v) is 15.6. The highest BCUT2D eigenvalue weighted by molar-refractivity contribution is 6.07. The lowest BCUT2D eigenvalue weighted by molar-refractivity contribution is -0.142. The number of aromatic amines is 1. The molecule has 1 aromatic heterocycles. The Labute approximate surface area is 172 Å². The van der Waals surface area contributed by atoms with E-state index in [0.717, 1.165) is 0 Å². The molecule has 0 bridgehead atoms. The summed E-state index contributed by atoms with van der Waals surface area (Å²) in [5.74, 6) is -4.65. The van der Waals surface area contributed by atoms with E-state index in [1.165, 1.54) is 24.3 Å². The van der Waals surface area contributed by atoms with E-state index >= 15 is 8.78 Å². The number of alkyl halides is 3. The molecule has 4 rings (SSSR count). The SMILES string of the molecule is NC(=NO)c1c(F)c(C(F)(F)F)c(F)c(-c2ccc3[nH]ccc3c2)c1-c1ccccc1. The first-order valence-corrected chi connectivity index (χ1v) is 8.97. The zero-order valence-electron chi connectivity index (χ0n) is 15.6. The molecule has 0 fully saturated rings. The number of benzene rings is 3. The van der Waals surface area contributed by atoms with Gasteiger partial charge in [0.25, 0.3) is 0 Å². The maximum Gasteiger partial charge on any atom is 0.422 e. The molecule has 0 radical (unpaired) electrons. The number of aromatic nitrogens is 1. The van der Waals surface area contributed by atoms with Crippen LogP contribution in [0.1, 0.15) is 11.1 Å². The third-order valence-electron chi connectivity index (χ3n) is 4.93. The fourth-order valence-corrected chi connectivity index (χ4v) is 3.60. The highest BCUT2D eigenvalue weighted by atomic mass is 19.4. The van der Waals surface area contributed by atoms with E-state index in [1.807, 2.05) is 0 Å². The number of nitrogens with zero attached hydrogens (tertiary/aromatic N) is 1. The Morgan fingerprint density at radius 2 is 1.61 bits per heavy atom. The lowest BCUT2D eigenvalue weighted by Gasteiger charge is -2.21. The minimum atomic E-state index is -5.36. The van der Waals surface area contributed by atoms with Gasteiger partial charge < -0.3 is 15.9 Å². The molecule has 4 nitrogen and oxygen atoms in total. The van der Waals surface area contributed by atoms with Crippen LogP contribution in [0.15, 0.2) is 65.9 Å². The van der Waals surface area contributed by atoms with Crippen molar-refractivity contribution >= 4 is 16.7 Å². The van der Waals surface area contributed by atoms with Gasteiger partial charge in [-0.05, 0) is 34.7 Å². The zero-order chi connectivity index (χ0) is 22.3. The third kappa shape index (κ3) is 3.37. The number of amidine groups is 1. The van der Waals surface area contributed by atoms with Gasteiger partial charge in [0.2, 0.25) is 0 Å². The van der Waals surface area contributed by atoms with E-state index in [9.17, 15) is 13.2 Å². The quantitative estimate of drug-likeness (QED) is 0.124. The fraction of sp³-hybridized carbons (Fsp3) is 0.0455. The number of rotatable bonds is 3. The van der Waals surface area contributed by atoms with Gasteiger partial charge in [0.05, 0.1) is 5.56 Å². The largest absolute Gasteiger partial charge is 0.422 e. The predicted octanol–water partition coefficient (Wildman–Crippen LogP) is 5.89. The smallest absolute Gasteiger partial charge is 0.409 e. The van der Waals surface area contributed by atoms with Crippen molar-refractivity contribution in [1.29, 1.82) is 0 Å². The number of H-pyrrole nitrogens is 1. The Morgan fingerprint density at radius 3 is 2.26 bits per heavy atom. The molecule has 4 N–H and O–H groups in total. The summed E-state index contributed by atoms with van der Waals surface area (Å²) < 4.78 is 71.5. The van der Waals surface area contributed by atoms with Crippen molar-refractivity contribution in [2.45, 2.75) is 6.18 Å². The number of halogens is 5. The lowest BCUT2D eigenvalue weighted by Crippen LogP contribution is -2.22.